The fourth-order valence-electron chi connectivity index (χ4n) is 3.74. The van der Waals surface area contributed by atoms with E-state index in [1.54, 1.807) is 7.11 Å². The lowest BCUT2D eigenvalue weighted by atomic mass is 10.2. The Morgan fingerprint density at radius 2 is 1.79 bits per heavy atom. The minimum atomic E-state index is 0.482. The second kappa shape index (κ2) is 7.72. The van der Waals surface area contributed by atoms with E-state index in [1.165, 1.54) is 31.2 Å². The molecule has 2 fully saturated rings. The zero-order chi connectivity index (χ0) is 19.8. The van der Waals surface area contributed by atoms with Crippen LogP contribution in [0, 0.1) is 4.77 Å². The summed E-state index contributed by atoms with van der Waals surface area (Å²) in [5.74, 6) is 1.85. The summed E-state index contributed by atoms with van der Waals surface area (Å²) in [6, 6.07) is 13.4. The molecule has 0 atom stereocenters. The van der Waals surface area contributed by atoms with Gasteiger partial charge in [0, 0.05) is 36.6 Å². The molecule has 7 heteroatoms. The highest BCUT2D eigenvalue weighted by Gasteiger charge is 2.32. The first-order valence-corrected chi connectivity index (χ1v) is 10.6. The largest absolute Gasteiger partial charge is 0.497 e. The van der Waals surface area contributed by atoms with Gasteiger partial charge in [-0.2, -0.15) is 5.10 Å². The van der Waals surface area contributed by atoms with E-state index in [4.69, 9.17) is 22.1 Å². The Morgan fingerprint density at radius 1 is 1.07 bits per heavy atom. The van der Waals surface area contributed by atoms with Gasteiger partial charge in [-0.15, -0.1) is 0 Å². The van der Waals surface area contributed by atoms with Gasteiger partial charge in [0.05, 0.1) is 13.8 Å². The molecule has 2 heterocycles. The van der Waals surface area contributed by atoms with Crippen LogP contribution in [0.1, 0.15) is 37.3 Å². The topological polar surface area (TPSA) is 48.1 Å². The molecule has 0 N–H and O–H groups in total. The lowest BCUT2D eigenvalue weighted by molar-refractivity contribution is 0.186. The molecule has 5 rings (SSSR count). The van der Waals surface area contributed by atoms with Crippen molar-refractivity contribution in [1.29, 1.82) is 0 Å². The van der Waals surface area contributed by atoms with Crippen molar-refractivity contribution in [2.45, 2.75) is 51.0 Å². The summed E-state index contributed by atoms with van der Waals surface area (Å²) in [5.41, 5.74) is 2.35. The highest BCUT2D eigenvalue weighted by Crippen LogP contribution is 2.38. The summed E-state index contributed by atoms with van der Waals surface area (Å²) in [6.07, 6.45) is 8.46. The standard InChI is InChI=1S/C22H25N5OS/c1-28-20-8-2-16(3-9-20)14-25(18-4-5-18)15-26-22(29)27(19-6-7-19)21(24-26)17-10-12-23-13-11-17/h2-3,8-13,18-19H,4-7,14-15H2,1H3. The van der Waals surface area contributed by atoms with E-state index in [0.717, 1.165) is 28.5 Å². The van der Waals surface area contributed by atoms with Gasteiger partial charge in [0.1, 0.15) is 5.75 Å². The third-order valence-corrected chi connectivity index (χ3v) is 6.05. The van der Waals surface area contributed by atoms with Gasteiger partial charge in [-0.25, -0.2) is 4.68 Å². The second-order valence-electron chi connectivity index (χ2n) is 7.91. The van der Waals surface area contributed by atoms with Gasteiger partial charge >= 0.3 is 0 Å². The lowest BCUT2D eigenvalue weighted by Crippen LogP contribution is -2.29. The molecule has 29 heavy (non-hydrogen) atoms. The minimum Gasteiger partial charge on any atom is -0.497 e. The van der Waals surface area contributed by atoms with Gasteiger partial charge in [-0.3, -0.25) is 14.5 Å². The second-order valence-corrected chi connectivity index (χ2v) is 8.28. The minimum absolute atomic E-state index is 0.482. The molecule has 2 aromatic heterocycles. The van der Waals surface area contributed by atoms with Crippen molar-refractivity contribution in [2.75, 3.05) is 7.11 Å². The number of pyridine rings is 1. The van der Waals surface area contributed by atoms with E-state index in [2.05, 4.69) is 26.6 Å². The summed E-state index contributed by atoms with van der Waals surface area (Å²) < 4.78 is 10.3. The number of hydrogen-bond acceptors (Lipinski definition) is 5. The molecule has 0 spiro atoms. The maximum absolute atomic E-state index is 5.86. The fraction of sp³-hybridized carbons (Fsp3) is 0.409. The maximum Gasteiger partial charge on any atom is 0.199 e. The quantitative estimate of drug-likeness (QED) is 0.517. The molecule has 2 saturated carbocycles. The van der Waals surface area contributed by atoms with Crippen molar-refractivity contribution in [1.82, 2.24) is 24.2 Å². The first-order valence-electron chi connectivity index (χ1n) is 10.2. The monoisotopic (exact) mass is 407 g/mol. The molecule has 0 radical (unpaired) electrons. The summed E-state index contributed by atoms with van der Waals surface area (Å²) in [7, 11) is 1.70. The fourth-order valence-corrected chi connectivity index (χ4v) is 4.08. The molecule has 0 saturated heterocycles. The van der Waals surface area contributed by atoms with Crippen LogP contribution in [-0.2, 0) is 13.2 Å². The van der Waals surface area contributed by atoms with Crippen LogP contribution in [0.2, 0.25) is 0 Å². The molecule has 2 aliphatic rings. The average Bonchev–Trinajstić information content (AvgIpc) is 3.68. The molecule has 6 nitrogen and oxygen atoms in total. The molecule has 150 valence electrons. The van der Waals surface area contributed by atoms with Crippen LogP contribution >= 0.6 is 12.2 Å². The van der Waals surface area contributed by atoms with Crippen molar-refractivity contribution in [3.8, 4) is 17.1 Å². The first kappa shape index (κ1) is 18.5. The zero-order valence-electron chi connectivity index (χ0n) is 16.6. The highest BCUT2D eigenvalue weighted by atomic mass is 32.1. The number of rotatable bonds is 8. The summed E-state index contributed by atoms with van der Waals surface area (Å²) in [5, 5.41) is 4.95. The van der Waals surface area contributed by atoms with Crippen LogP contribution in [0.5, 0.6) is 5.75 Å². The van der Waals surface area contributed by atoms with Crippen LogP contribution in [0.3, 0.4) is 0 Å². The van der Waals surface area contributed by atoms with Crippen LogP contribution in [0.15, 0.2) is 48.8 Å². The normalized spacial score (nSPS) is 16.3. The van der Waals surface area contributed by atoms with E-state index in [0.29, 0.717) is 18.8 Å². The van der Waals surface area contributed by atoms with E-state index in [1.807, 2.05) is 41.3 Å². The molecule has 0 amide bonds. The molecule has 2 aliphatic carbocycles. The summed E-state index contributed by atoms with van der Waals surface area (Å²) in [4.78, 5) is 6.63. The number of hydrogen-bond donors (Lipinski definition) is 0. The Hall–Kier alpha value is -2.51. The summed E-state index contributed by atoms with van der Waals surface area (Å²) >= 11 is 5.86. The third-order valence-electron chi connectivity index (χ3n) is 5.64. The SMILES string of the molecule is COc1ccc(CN(Cn2nc(-c3ccncc3)n(C3CC3)c2=S)C2CC2)cc1. The number of methoxy groups -OCH3 is 1. The van der Waals surface area contributed by atoms with E-state index in [9.17, 15) is 0 Å². The molecule has 1 aromatic carbocycles. The Bertz CT molecular complexity index is 1040. The maximum atomic E-state index is 5.86. The van der Waals surface area contributed by atoms with Crippen LogP contribution in [-0.4, -0.2) is 37.4 Å². The number of benzene rings is 1. The average molecular weight is 408 g/mol. The van der Waals surface area contributed by atoms with E-state index < -0.39 is 0 Å². The Labute approximate surface area is 175 Å². The first-order chi connectivity index (χ1) is 14.2. The lowest BCUT2D eigenvalue weighted by Gasteiger charge is -2.22. The molecule has 3 aromatic rings. The van der Waals surface area contributed by atoms with E-state index >= 15 is 0 Å². The number of ether oxygens (including phenoxy) is 1. The Morgan fingerprint density at radius 3 is 2.41 bits per heavy atom. The van der Waals surface area contributed by atoms with Crippen LogP contribution < -0.4 is 4.74 Å². The molecular formula is C22H25N5OS. The van der Waals surface area contributed by atoms with Crippen molar-refractivity contribution >= 4 is 12.2 Å². The molecular weight excluding hydrogens is 382 g/mol. The van der Waals surface area contributed by atoms with E-state index in [-0.39, 0.29) is 0 Å². The van der Waals surface area contributed by atoms with Crippen molar-refractivity contribution in [3.05, 3.63) is 59.1 Å². The Kier molecular flexibility index (Phi) is 4.93. The predicted molar refractivity (Wildman–Crippen MR) is 114 cm³/mol. The van der Waals surface area contributed by atoms with Gasteiger partial charge in [0.25, 0.3) is 0 Å². The van der Waals surface area contributed by atoms with Gasteiger partial charge in [0.15, 0.2) is 10.6 Å². The third kappa shape index (κ3) is 3.97. The zero-order valence-corrected chi connectivity index (χ0v) is 17.4. The molecule has 0 aliphatic heterocycles. The smallest absolute Gasteiger partial charge is 0.199 e. The molecule has 0 bridgehead atoms. The van der Waals surface area contributed by atoms with Gasteiger partial charge in [-0.1, -0.05) is 12.1 Å². The predicted octanol–water partition coefficient (Wildman–Crippen LogP) is 4.44. The van der Waals surface area contributed by atoms with Crippen LogP contribution in [0.4, 0.5) is 0 Å². The number of aromatic nitrogens is 4. The number of nitrogens with zero attached hydrogens (tertiary/aromatic N) is 5. The highest BCUT2D eigenvalue weighted by molar-refractivity contribution is 7.71. The molecule has 0 unspecified atom stereocenters. The van der Waals surface area contributed by atoms with Crippen molar-refractivity contribution in [3.63, 3.8) is 0 Å². The van der Waals surface area contributed by atoms with Crippen LogP contribution in [0.25, 0.3) is 11.4 Å². The Balaban J connectivity index is 1.42. The van der Waals surface area contributed by atoms with Crippen molar-refractivity contribution in [2.24, 2.45) is 0 Å². The van der Waals surface area contributed by atoms with Gasteiger partial charge in [0.2, 0.25) is 0 Å². The van der Waals surface area contributed by atoms with Gasteiger partial charge in [-0.05, 0) is 67.7 Å². The summed E-state index contributed by atoms with van der Waals surface area (Å²) in [6.45, 7) is 1.60. The van der Waals surface area contributed by atoms with Gasteiger partial charge < -0.3 is 4.74 Å². The van der Waals surface area contributed by atoms with Crippen molar-refractivity contribution < 1.29 is 4.74 Å².